The van der Waals surface area contributed by atoms with E-state index in [4.69, 9.17) is 0 Å². The lowest BCUT2D eigenvalue weighted by molar-refractivity contribution is 0.395. The lowest BCUT2D eigenvalue weighted by Gasteiger charge is -2.24. The van der Waals surface area contributed by atoms with E-state index in [0.717, 1.165) is 6.26 Å². The van der Waals surface area contributed by atoms with Crippen LogP contribution in [-0.4, -0.2) is 19.8 Å². The number of hydrogen-bond donors (Lipinski definition) is 1. The van der Waals surface area contributed by atoms with E-state index in [1.165, 1.54) is 0 Å². The normalized spacial score (nSPS) is 22.1. The molecule has 0 bridgehead atoms. The van der Waals surface area contributed by atoms with Gasteiger partial charge in [-0.3, -0.25) is 0 Å². The Morgan fingerprint density at radius 2 is 2.00 bits per heavy atom. The van der Waals surface area contributed by atoms with E-state index in [-0.39, 0.29) is 16.1 Å². The van der Waals surface area contributed by atoms with E-state index in [1.807, 2.05) is 13.8 Å². The first-order valence-corrected chi connectivity index (χ1v) is 5.94. The summed E-state index contributed by atoms with van der Waals surface area (Å²) in [7, 11) is -3.30. The molecule has 0 radical (unpaired) electrons. The van der Waals surface area contributed by atoms with Crippen molar-refractivity contribution in [3.8, 4) is 0 Å². The molecule has 1 aliphatic carbocycles. The van der Waals surface area contributed by atoms with E-state index >= 15 is 0 Å². The van der Waals surface area contributed by atoms with Gasteiger partial charge in [0, 0.05) is 6.26 Å². The summed E-state index contributed by atoms with van der Waals surface area (Å²) in [6.07, 6.45) is 4.93. The number of allylic oxidation sites excluding steroid dienone is 2. The second-order valence-corrected chi connectivity index (χ2v) is 6.05. The Balaban J connectivity index is 3.22. The zero-order valence-corrected chi connectivity index (χ0v) is 8.85. The van der Waals surface area contributed by atoms with Crippen LogP contribution in [0, 0.1) is 5.41 Å². The highest BCUT2D eigenvalue weighted by molar-refractivity contribution is 7.94. The molecule has 0 saturated heterocycles. The van der Waals surface area contributed by atoms with Gasteiger partial charge in [0.15, 0.2) is 9.84 Å². The van der Waals surface area contributed by atoms with Gasteiger partial charge in [0.2, 0.25) is 0 Å². The van der Waals surface area contributed by atoms with Crippen LogP contribution in [0.25, 0.3) is 0 Å². The highest BCUT2D eigenvalue weighted by Gasteiger charge is 2.26. The van der Waals surface area contributed by atoms with Crippen molar-refractivity contribution in [2.45, 2.75) is 20.3 Å². The third-order valence-corrected chi connectivity index (χ3v) is 3.12. The van der Waals surface area contributed by atoms with E-state index in [2.05, 4.69) is 0 Å². The van der Waals surface area contributed by atoms with Gasteiger partial charge in [0.1, 0.15) is 10.7 Å². The predicted molar refractivity (Wildman–Crippen MR) is 52.0 cm³/mol. The smallest absolute Gasteiger partial charge is 0.178 e. The van der Waals surface area contributed by atoms with Gasteiger partial charge in [0.25, 0.3) is 0 Å². The molecule has 0 spiro atoms. The molecular formula is C9H14O3S. The molecule has 0 saturated carbocycles. The molecule has 0 unspecified atom stereocenters. The molecule has 0 aromatic carbocycles. The number of rotatable bonds is 1. The van der Waals surface area contributed by atoms with E-state index < -0.39 is 9.84 Å². The van der Waals surface area contributed by atoms with Crippen molar-refractivity contribution in [2.75, 3.05) is 6.26 Å². The maximum absolute atomic E-state index is 11.2. The van der Waals surface area contributed by atoms with Gasteiger partial charge >= 0.3 is 0 Å². The van der Waals surface area contributed by atoms with Crippen molar-refractivity contribution < 1.29 is 13.5 Å². The number of sulfone groups is 1. The monoisotopic (exact) mass is 202 g/mol. The van der Waals surface area contributed by atoms with Crippen LogP contribution in [0.1, 0.15) is 20.3 Å². The van der Waals surface area contributed by atoms with Crippen molar-refractivity contribution in [3.63, 3.8) is 0 Å². The molecule has 1 aliphatic rings. The van der Waals surface area contributed by atoms with Crippen molar-refractivity contribution in [3.05, 3.63) is 22.8 Å². The lowest BCUT2D eigenvalue weighted by atomic mass is 9.86. The van der Waals surface area contributed by atoms with Gasteiger partial charge in [-0.25, -0.2) is 8.42 Å². The first-order chi connectivity index (χ1) is 5.72. The van der Waals surface area contributed by atoms with Crippen LogP contribution in [0.15, 0.2) is 22.8 Å². The molecular weight excluding hydrogens is 188 g/mol. The van der Waals surface area contributed by atoms with Gasteiger partial charge in [-0.05, 0) is 17.9 Å². The minimum absolute atomic E-state index is 0.0451. The molecule has 1 N–H and O–H groups in total. The van der Waals surface area contributed by atoms with Gasteiger partial charge in [-0.2, -0.15) is 0 Å². The van der Waals surface area contributed by atoms with Crippen LogP contribution in [0.5, 0.6) is 0 Å². The quantitative estimate of drug-likeness (QED) is 0.705. The van der Waals surface area contributed by atoms with Gasteiger partial charge in [-0.15, -0.1) is 0 Å². The van der Waals surface area contributed by atoms with Crippen LogP contribution in [0.2, 0.25) is 0 Å². The first kappa shape index (κ1) is 10.3. The van der Waals surface area contributed by atoms with Gasteiger partial charge in [-0.1, -0.05) is 19.9 Å². The Morgan fingerprint density at radius 1 is 1.46 bits per heavy atom. The summed E-state index contributed by atoms with van der Waals surface area (Å²) in [6.45, 7) is 3.86. The van der Waals surface area contributed by atoms with E-state index in [0.29, 0.717) is 6.42 Å². The minimum Gasteiger partial charge on any atom is -0.507 e. The molecule has 74 valence electrons. The van der Waals surface area contributed by atoms with Crippen molar-refractivity contribution in [1.82, 2.24) is 0 Å². The molecule has 0 amide bonds. The molecule has 3 nitrogen and oxygen atoms in total. The predicted octanol–water partition coefficient (Wildman–Crippen LogP) is 1.79. The minimum atomic E-state index is -3.30. The Kier molecular flexibility index (Phi) is 2.28. The summed E-state index contributed by atoms with van der Waals surface area (Å²) in [4.78, 5) is 0.0451. The summed E-state index contributed by atoms with van der Waals surface area (Å²) >= 11 is 0. The van der Waals surface area contributed by atoms with Crippen LogP contribution in [0.3, 0.4) is 0 Å². The van der Waals surface area contributed by atoms with Crippen LogP contribution in [0.4, 0.5) is 0 Å². The highest BCUT2D eigenvalue weighted by Crippen LogP contribution is 2.33. The molecule has 0 aliphatic heterocycles. The number of aliphatic hydroxyl groups excluding tert-OH is 1. The first-order valence-electron chi connectivity index (χ1n) is 4.05. The van der Waals surface area contributed by atoms with Crippen LogP contribution >= 0.6 is 0 Å². The summed E-state index contributed by atoms with van der Waals surface area (Å²) in [6, 6.07) is 0. The fourth-order valence-electron chi connectivity index (χ4n) is 1.25. The Hall–Kier alpha value is -0.770. The van der Waals surface area contributed by atoms with E-state index in [9.17, 15) is 13.5 Å². The zero-order chi connectivity index (χ0) is 10.3. The molecule has 0 aromatic rings. The molecule has 0 heterocycles. The summed E-state index contributed by atoms with van der Waals surface area (Å²) in [5, 5.41) is 9.35. The van der Waals surface area contributed by atoms with Crippen molar-refractivity contribution >= 4 is 9.84 Å². The largest absolute Gasteiger partial charge is 0.507 e. The van der Waals surface area contributed by atoms with Gasteiger partial charge in [0.05, 0.1) is 0 Å². The second-order valence-electron chi connectivity index (χ2n) is 4.06. The maximum Gasteiger partial charge on any atom is 0.178 e. The molecule has 0 atom stereocenters. The van der Waals surface area contributed by atoms with Crippen molar-refractivity contribution in [1.29, 1.82) is 0 Å². The molecule has 4 heteroatoms. The Labute approximate surface area is 78.7 Å². The average Bonchev–Trinajstić information content (AvgIpc) is 1.92. The van der Waals surface area contributed by atoms with Crippen molar-refractivity contribution in [2.24, 2.45) is 5.41 Å². The zero-order valence-electron chi connectivity index (χ0n) is 8.03. The summed E-state index contributed by atoms with van der Waals surface area (Å²) < 4.78 is 22.4. The topological polar surface area (TPSA) is 54.4 Å². The molecule has 13 heavy (non-hydrogen) atoms. The fraction of sp³-hybridized carbons (Fsp3) is 0.556. The number of hydrogen-bond acceptors (Lipinski definition) is 3. The summed E-state index contributed by atoms with van der Waals surface area (Å²) in [5.41, 5.74) is -0.190. The standard InChI is InChI=1S/C9H14O3S/c1-9(2)5-4-7(10)8(6-9)13(3,11)12/h4,6,10H,5H2,1-3H3. The summed E-state index contributed by atoms with van der Waals surface area (Å²) in [5.74, 6) is -0.123. The SMILES string of the molecule is CC1(C)C=C(S(C)(=O)=O)C(O)=CC1. The van der Waals surface area contributed by atoms with E-state index in [1.54, 1.807) is 12.2 Å². The number of aliphatic hydroxyl groups is 1. The molecule has 0 fully saturated rings. The maximum atomic E-state index is 11.2. The second kappa shape index (κ2) is 2.87. The van der Waals surface area contributed by atoms with Crippen LogP contribution < -0.4 is 0 Å². The Morgan fingerprint density at radius 3 is 2.38 bits per heavy atom. The lowest BCUT2D eigenvalue weighted by Crippen LogP contribution is -2.16. The van der Waals surface area contributed by atoms with Gasteiger partial charge < -0.3 is 5.11 Å². The highest BCUT2D eigenvalue weighted by atomic mass is 32.2. The van der Waals surface area contributed by atoms with Crippen LogP contribution in [-0.2, 0) is 9.84 Å². The third-order valence-electron chi connectivity index (χ3n) is 2.00. The fourth-order valence-corrected chi connectivity index (χ4v) is 2.24. The molecule has 0 aromatic heterocycles. The third kappa shape index (κ3) is 2.34. The average molecular weight is 202 g/mol. The molecule has 1 rings (SSSR count). The Bertz CT molecular complexity index is 372.